The van der Waals surface area contributed by atoms with Crippen LogP contribution in [-0.2, 0) is 9.59 Å². The first-order valence-electron chi connectivity index (χ1n) is 4.43. The highest BCUT2D eigenvalue weighted by atomic mass is 16.4. The molecule has 14 heavy (non-hydrogen) atoms. The number of hydrogen-bond donors (Lipinski definition) is 2. The lowest BCUT2D eigenvalue weighted by Gasteiger charge is -1.99. The highest BCUT2D eigenvalue weighted by Gasteiger charge is 2.01. The van der Waals surface area contributed by atoms with Gasteiger partial charge >= 0.3 is 5.97 Å². The van der Waals surface area contributed by atoms with Crippen LogP contribution >= 0.6 is 0 Å². The third kappa shape index (κ3) is 8.52. The van der Waals surface area contributed by atoms with Gasteiger partial charge in [0.15, 0.2) is 0 Å². The van der Waals surface area contributed by atoms with Gasteiger partial charge in [0.05, 0.1) is 0 Å². The van der Waals surface area contributed by atoms with Crippen molar-refractivity contribution in [2.45, 2.75) is 19.3 Å². The molecule has 0 spiro atoms. The van der Waals surface area contributed by atoms with Crippen LogP contribution < -0.4 is 5.32 Å². The van der Waals surface area contributed by atoms with Crippen LogP contribution in [0.4, 0.5) is 0 Å². The number of amides is 1. The lowest BCUT2D eigenvalue weighted by atomic mass is 10.2. The quantitative estimate of drug-likeness (QED) is 0.474. The fraction of sp³-hybridized carbons (Fsp3) is 0.400. The van der Waals surface area contributed by atoms with Crippen molar-refractivity contribution in [2.75, 3.05) is 6.54 Å². The Morgan fingerprint density at radius 2 is 2.14 bits per heavy atom. The molecular formula is C10H15NO3. The monoisotopic (exact) mass is 197 g/mol. The average molecular weight is 197 g/mol. The Balaban J connectivity index is 3.40. The van der Waals surface area contributed by atoms with Crippen molar-refractivity contribution in [1.29, 1.82) is 0 Å². The van der Waals surface area contributed by atoms with Gasteiger partial charge in [-0.25, -0.2) is 0 Å². The summed E-state index contributed by atoms with van der Waals surface area (Å²) in [6.45, 7) is 3.21. The number of aliphatic carboxylic acids is 1. The first kappa shape index (κ1) is 12.4. The van der Waals surface area contributed by atoms with Gasteiger partial charge in [0, 0.05) is 6.42 Å². The molecule has 1 amide bonds. The number of allylic oxidation sites excluding steroid dienone is 3. The van der Waals surface area contributed by atoms with Gasteiger partial charge in [0.2, 0.25) is 5.91 Å². The standard InChI is InChI=1S/C10H15NO3/c1-2-3-4-5-6-7-9(12)11-8-10(13)14/h2-4H,1,5-8H2,(H,11,12)(H,13,14)/b4-3+. The molecule has 0 unspecified atom stereocenters. The third-order valence-corrected chi connectivity index (χ3v) is 1.48. The second-order valence-corrected chi connectivity index (χ2v) is 2.73. The van der Waals surface area contributed by atoms with Crippen molar-refractivity contribution >= 4 is 11.9 Å². The van der Waals surface area contributed by atoms with Gasteiger partial charge in [-0.15, -0.1) is 0 Å². The number of carboxylic acids is 1. The Morgan fingerprint density at radius 1 is 1.43 bits per heavy atom. The second kappa shape index (κ2) is 8.04. The van der Waals surface area contributed by atoms with Crippen molar-refractivity contribution in [1.82, 2.24) is 5.32 Å². The molecule has 0 aromatic heterocycles. The van der Waals surface area contributed by atoms with Crippen LogP contribution in [0.3, 0.4) is 0 Å². The molecule has 2 N–H and O–H groups in total. The van der Waals surface area contributed by atoms with Crippen LogP contribution in [0, 0.1) is 0 Å². The largest absolute Gasteiger partial charge is 0.480 e. The summed E-state index contributed by atoms with van der Waals surface area (Å²) in [7, 11) is 0. The van der Waals surface area contributed by atoms with E-state index in [0.29, 0.717) is 6.42 Å². The van der Waals surface area contributed by atoms with Crippen LogP contribution in [0.5, 0.6) is 0 Å². The molecule has 0 aromatic carbocycles. The summed E-state index contributed by atoms with van der Waals surface area (Å²) >= 11 is 0. The zero-order valence-corrected chi connectivity index (χ0v) is 8.03. The Morgan fingerprint density at radius 3 is 2.71 bits per heavy atom. The van der Waals surface area contributed by atoms with Crippen molar-refractivity contribution in [2.24, 2.45) is 0 Å². The van der Waals surface area contributed by atoms with Gasteiger partial charge in [-0.2, -0.15) is 0 Å². The summed E-state index contributed by atoms with van der Waals surface area (Å²) in [4.78, 5) is 21.0. The van der Waals surface area contributed by atoms with Crippen molar-refractivity contribution in [3.63, 3.8) is 0 Å². The van der Waals surface area contributed by atoms with Crippen molar-refractivity contribution < 1.29 is 14.7 Å². The van der Waals surface area contributed by atoms with Crippen LogP contribution in [-0.4, -0.2) is 23.5 Å². The van der Waals surface area contributed by atoms with Gasteiger partial charge in [-0.3, -0.25) is 9.59 Å². The fourth-order valence-electron chi connectivity index (χ4n) is 0.836. The van der Waals surface area contributed by atoms with E-state index in [0.717, 1.165) is 12.8 Å². The van der Waals surface area contributed by atoms with E-state index in [9.17, 15) is 9.59 Å². The Bertz CT molecular complexity index is 234. The van der Waals surface area contributed by atoms with Crippen LogP contribution in [0.1, 0.15) is 19.3 Å². The maximum Gasteiger partial charge on any atom is 0.322 e. The molecular weight excluding hydrogens is 182 g/mol. The third-order valence-electron chi connectivity index (χ3n) is 1.48. The molecule has 0 bridgehead atoms. The summed E-state index contributed by atoms with van der Waals surface area (Å²) in [5, 5.41) is 10.6. The summed E-state index contributed by atoms with van der Waals surface area (Å²) in [5.74, 6) is -1.25. The molecule has 0 aliphatic rings. The average Bonchev–Trinajstić information content (AvgIpc) is 2.14. The highest BCUT2D eigenvalue weighted by molar-refractivity contribution is 5.80. The number of nitrogens with one attached hydrogen (secondary N) is 1. The summed E-state index contributed by atoms with van der Waals surface area (Å²) in [6, 6.07) is 0. The second-order valence-electron chi connectivity index (χ2n) is 2.73. The Hall–Kier alpha value is -1.58. The molecule has 0 saturated heterocycles. The van der Waals surface area contributed by atoms with E-state index in [4.69, 9.17) is 5.11 Å². The minimum Gasteiger partial charge on any atom is -0.480 e. The maximum absolute atomic E-state index is 11.0. The Kier molecular flexibility index (Phi) is 7.13. The lowest BCUT2D eigenvalue weighted by Crippen LogP contribution is -2.28. The molecule has 0 aromatic rings. The van der Waals surface area contributed by atoms with E-state index in [1.165, 1.54) is 0 Å². The molecule has 4 heteroatoms. The number of rotatable bonds is 7. The molecule has 0 aliphatic heterocycles. The topological polar surface area (TPSA) is 66.4 Å². The molecule has 0 saturated carbocycles. The number of hydrogen-bond acceptors (Lipinski definition) is 2. The van der Waals surface area contributed by atoms with Crippen molar-refractivity contribution in [3.05, 3.63) is 24.8 Å². The SMILES string of the molecule is C=C/C=C/CCCC(=O)NCC(=O)O. The number of carboxylic acid groups (broad SMARTS) is 1. The van der Waals surface area contributed by atoms with E-state index in [-0.39, 0.29) is 12.5 Å². The molecule has 0 aliphatic carbocycles. The zero-order chi connectivity index (χ0) is 10.8. The highest BCUT2D eigenvalue weighted by Crippen LogP contribution is 1.96. The number of unbranched alkanes of at least 4 members (excludes halogenated alkanes) is 1. The molecule has 78 valence electrons. The molecule has 0 heterocycles. The van der Waals surface area contributed by atoms with Crippen LogP contribution in [0.15, 0.2) is 24.8 Å². The minimum atomic E-state index is -1.02. The maximum atomic E-state index is 11.0. The number of carbonyl (C=O) groups excluding carboxylic acids is 1. The zero-order valence-electron chi connectivity index (χ0n) is 8.03. The summed E-state index contributed by atoms with van der Waals surface area (Å²) in [5.41, 5.74) is 0. The van der Waals surface area contributed by atoms with Crippen LogP contribution in [0.2, 0.25) is 0 Å². The van der Waals surface area contributed by atoms with E-state index in [1.54, 1.807) is 6.08 Å². The molecule has 0 fully saturated rings. The fourth-order valence-corrected chi connectivity index (χ4v) is 0.836. The predicted octanol–water partition coefficient (Wildman–Crippen LogP) is 1.10. The van der Waals surface area contributed by atoms with Gasteiger partial charge in [0.1, 0.15) is 6.54 Å². The molecule has 4 nitrogen and oxygen atoms in total. The van der Waals surface area contributed by atoms with Crippen molar-refractivity contribution in [3.8, 4) is 0 Å². The van der Waals surface area contributed by atoms with E-state index < -0.39 is 5.97 Å². The summed E-state index contributed by atoms with van der Waals surface area (Å²) < 4.78 is 0. The first-order chi connectivity index (χ1) is 6.66. The van der Waals surface area contributed by atoms with Gasteiger partial charge in [-0.05, 0) is 12.8 Å². The molecule has 0 rings (SSSR count). The summed E-state index contributed by atoms with van der Waals surface area (Å²) in [6.07, 6.45) is 7.27. The normalized spacial score (nSPS) is 10.0. The predicted molar refractivity (Wildman–Crippen MR) is 53.8 cm³/mol. The molecule has 0 atom stereocenters. The smallest absolute Gasteiger partial charge is 0.322 e. The van der Waals surface area contributed by atoms with Gasteiger partial charge in [0.25, 0.3) is 0 Å². The molecule has 0 radical (unpaired) electrons. The van der Waals surface area contributed by atoms with E-state index >= 15 is 0 Å². The minimum absolute atomic E-state index is 0.223. The van der Waals surface area contributed by atoms with Crippen LogP contribution in [0.25, 0.3) is 0 Å². The van der Waals surface area contributed by atoms with E-state index in [1.807, 2.05) is 12.2 Å². The van der Waals surface area contributed by atoms with Gasteiger partial charge < -0.3 is 10.4 Å². The van der Waals surface area contributed by atoms with E-state index in [2.05, 4.69) is 11.9 Å². The Labute approximate surface area is 83.3 Å². The number of carbonyl (C=O) groups is 2. The van der Waals surface area contributed by atoms with Gasteiger partial charge in [-0.1, -0.05) is 24.8 Å². The first-order valence-corrected chi connectivity index (χ1v) is 4.43. The lowest BCUT2D eigenvalue weighted by molar-refractivity contribution is -0.137.